The van der Waals surface area contributed by atoms with Gasteiger partial charge in [-0.2, -0.15) is 4.98 Å². The topological polar surface area (TPSA) is 77.7 Å². The number of piperidine rings is 1. The predicted octanol–water partition coefficient (Wildman–Crippen LogP) is 3.79. The molecule has 1 fully saturated rings. The van der Waals surface area contributed by atoms with Crippen LogP contribution in [0.15, 0.2) is 47.0 Å². The second-order valence-electron chi connectivity index (χ2n) is 7.48. The Morgan fingerprint density at radius 2 is 1.93 bits per heavy atom. The Labute approximate surface area is 168 Å². The zero-order valence-electron chi connectivity index (χ0n) is 16.1. The van der Waals surface area contributed by atoms with Gasteiger partial charge in [-0.1, -0.05) is 35.0 Å². The smallest absolute Gasteiger partial charge is 0.254 e. The van der Waals surface area contributed by atoms with E-state index in [0.717, 1.165) is 18.4 Å². The fourth-order valence-electron chi connectivity index (χ4n) is 3.80. The maximum atomic E-state index is 13.0. The highest BCUT2D eigenvalue weighted by Crippen LogP contribution is 2.34. The summed E-state index contributed by atoms with van der Waals surface area (Å²) in [4.78, 5) is 19.4. The summed E-state index contributed by atoms with van der Waals surface area (Å²) in [5, 5.41) is 4.14. The van der Waals surface area contributed by atoms with Crippen molar-refractivity contribution >= 4 is 5.91 Å². The van der Waals surface area contributed by atoms with Crippen LogP contribution in [0.5, 0.6) is 11.5 Å². The zero-order valence-corrected chi connectivity index (χ0v) is 16.1. The highest BCUT2D eigenvalue weighted by Gasteiger charge is 2.30. The largest absolute Gasteiger partial charge is 0.454 e. The van der Waals surface area contributed by atoms with Crippen LogP contribution in [0.2, 0.25) is 0 Å². The molecular formula is C22H21N3O4. The zero-order chi connectivity index (χ0) is 19.8. The van der Waals surface area contributed by atoms with E-state index in [0.29, 0.717) is 41.9 Å². The van der Waals surface area contributed by atoms with Crippen LogP contribution in [0.4, 0.5) is 0 Å². The lowest BCUT2D eigenvalue weighted by Crippen LogP contribution is -2.39. The molecule has 2 aliphatic heterocycles. The molecule has 2 aliphatic rings. The SMILES string of the molecule is Cc1ccc(-c2noc([C@@H]3CCCN(C(=O)c4ccc5c(c4)OCO5)C3)n2)cc1. The van der Waals surface area contributed by atoms with Crippen LogP contribution in [-0.2, 0) is 0 Å². The van der Waals surface area contributed by atoms with Crippen molar-refractivity contribution in [3.63, 3.8) is 0 Å². The minimum atomic E-state index is -0.0220. The number of fused-ring (bicyclic) bond motifs is 1. The first-order valence-corrected chi connectivity index (χ1v) is 9.77. The molecule has 29 heavy (non-hydrogen) atoms. The monoisotopic (exact) mass is 391 g/mol. The van der Waals surface area contributed by atoms with Crippen LogP contribution in [0.3, 0.4) is 0 Å². The fourth-order valence-corrected chi connectivity index (χ4v) is 3.80. The quantitative estimate of drug-likeness (QED) is 0.676. The molecule has 0 aliphatic carbocycles. The number of carbonyl (C=O) groups excluding carboxylic acids is 1. The van der Waals surface area contributed by atoms with E-state index in [9.17, 15) is 4.79 Å². The first kappa shape index (κ1) is 17.7. The molecule has 0 radical (unpaired) electrons. The van der Waals surface area contributed by atoms with Gasteiger partial charge in [-0.3, -0.25) is 4.79 Å². The number of ether oxygens (including phenoxy) is 2. The average Bonchev–Trinajstić information content (AvgIpc) is 3.43. The van der Waals surface area contributed by atoms with Crippen molar-refractivity contribution in [3.8, 4) is 22.9 Å². The van der Waals surface area contributed by atoms with Crippen LogP contribution >= 0.6 is 0 Å². The number of likely N-dealkylation sites (tertiary alicyclic amines) is 1. The third kappa shape index (κ3) is 3.44. The number of nitrogens with zero attached hydrogens (tertiary/aromatic N) is 3. The van der Waals surface area contributed by atoms with E-state index in [4.69, 9.17) is 14.0 Å². The van der Waals surface area contributed by atoms with Crippen molar-refractivity contribution in [2.24, 2.45) is 0 Å². The van der Waals surface area contributed by atoms with Gasteiger partial charge >= 0.3 is 0 Å². The maximum absolute atomic E-state index is 13.0. The molecule has 0 bridgehead atoms. The molecule has 0 unspecified atom stereocenters. The van der Waals surface area contributed by atoms with Gasteiger partial charge in [0.15, 0.2) is 11.5 Å². The predicted molar refractivity (Wildman–Crippen MR) is 105 cm³/mol. The molecule has 0 N–H and O–H groups in total. The van der Waals surface area contributed by atoms with Gasteiger partial charge in [0.2, 0.25) is 18.5 Å². The van der Waals surface area contributed by atoms with Crippen LogP contribution in [0.25, 0.3) is 11.4 Å². The molecule has 1 aromatic heterocycles. The Balaban J connectivity index is 1.32. The van der Waals surface area contributed by atoms with Crippen molar-refractivity contribution in [3.05, 3.63) is 59.5 Å². The Hall–Kier alpha value is -3.35. The maximum Gasteiger partial charge on any atom is 0.254 e. The molecule has 148 valence electrons. The van der Waals surface area contributed by atoms with Crippen molar-refractivity contribution in [1.29, 1.82) is 0 Å². The molecular weight excluding hydrogens is 370 g/mol. The number of hydrogen-bond acceptors (Lipinski definition) is 6. The summed E-state index contributed by atoms with van der Waals surface area (Å²) in [6.45, 7) is 3.50. The van der Waals surface area contributed by atoms with Gasteiger partial charge in [0.1, 0.15) is 0 Å². The number of amides is 1. The van der Waals surface area contributed by atoms with Crippen molar-refractivity contribution in [2.75, 3.05) is 19.9 Å². The number of rotatable bonds is 3. The highest BCUT2D eigenvalue weighted by atomic mass is 16.7. The lowest BCUT2D eigenvalue weighted by atomic mass is 9.97. The average molecular weight is 391 g/mol. The summed E-state index contributed by atoms with van der Waals surface area (Å²) >= 11 is 0. The minimum Gasteiger partial charge on any atom is -0.454 e. The van der Waals surface area contributed by atoms with Gasteiger partial charge in [0.25, 0.3) is 5.91 Å². The van der Waals surface area contributed by atoms with Crippen LogP contribution < -0.4 is 9.47 Å². The molecule has 7 heteroatoms. The molecule has 1 amide bonds. The number of aromatic nitrogens is 2. The van der Waals surface area contributed by atoms with Crippen LogP contribution in [-0.4, -0.2) is 40.8 Å². The standard InChI is InChI=1S/C22H21N3O4/c1-14-4-6-15(7-5-14)20-23-21(29-24-20)17-3-2-10-25(12-17)22(26)16-8-9-18-19(11-16)28-13-27-18/h4-9,11,17H,2-3,10,12-13H2,1H3/t17-/m1/s1. The van der Waals surface area contributed by atoms with E-state index in [2.05, 4.69) is 10.1 Å². The van der Waals surface area contributed by atoms with Gasteiger partial charge < -0.3 is 18.9 Å². The summed E-state index contributed by atoms with van der Waals surface area (Å²) in [6.07, 6.45) is 1.81. The van der Waals surface area contributed by atoms with Gasteiger partial charge in [-0.15, -0.1) is 0 Å². The molecule has 1 atom stereocenters. The Bertz CT molecular complexity index is 1040. The van der Waals surface area contributed by atoms with E-state index in [1.54, 1.807) is 18.2 Å². The Kier molecular flexibility index (Phi) is 4.42. The minimum absolute atomic E-state index is 0.0220. The number of hydrogen-bond donors (Lipinski definition) is 0. The molecule has 3 aromatic rings. The second kappa shape index (κ2) is 7.24. The van der Waals surface area contributed by atoms with Crippen molar-refractivity contribution in [1.82, 2.24) is 15.0 Å². The summed E-state index contributed by atoms with van der Waals surface area (Å²) in [5.41, 5.74) is 2.71. The van der Waals surface area contributed by atoms with E-state index >= 15 is 0 Å². The van der Waals surface area contributed by atoms with E-state index in [-0.39, 0.29) is 18.6 Å². The van der Waals surface area contributed by atoms with E-state index in [1.165, 1.54) is 5.56 Å². The van der Waals surface area contributed by atoms with Gasteiger partial charge in [0.05, 0.1) is 5.92 Å². The number of benzene rings is 2. The van der Waals surface area contributed by atoms with Gasteiger partial charge in [-0.05, 0) is 38.0 Å². The number of carbonyl (C=O) groups is 1. The van der Waals surface area contributed by atoms with Gasteiger partial charge in [-0.25, -0.2) is 0 Å². The molecule has 0 saturated carbocycles. The molecule has 3 heterocycles. The summed E-state index contributed by atoms with van der Waals surface area (Å²) in [6, 6.07) is 13.3. The van der Waals surface area contributed by atoms with E-state index in [1.807, 2.05) is 36.1 Å². The number of aryl methyl sites for hydroxylation is 1. The lowest BCUT2D eigenvalue weighted by Gasteiger charge is -2.31. The highest BCUT2D eigenvalue weighted by molar-refractivity contribution is 5.95. The van der Waals surface area contributed by atoms with Crippen molar-refractivity contribution in [2.45, 2.75) is 25.7 Å². The van der Waals surface area contributed by atoms with E-state index < -0.39 is 0 Å². The molecule has 5 rings (SSSR count). The molecule has 0 spiro atoms. The normalized spacial score (nSPS) is 18.1. The summed E-state index contributed by atoms with van der Waals surface area (Å²) in [5.74, 6) is 2.47. The summed E-state index contributed by atoms with van der Waals surface area (Å²) in [7, 11) is 0. The third-order valence-corrected chi connectivity index (χ3v) is 5.43. The van der Waals surface area contributed by atoms with Crippen LogP contribution in [0.1, 0.15) is 40.6 Å². The molecule has 7 nitrogen and oxygen atoms in total. The first-order chi connectivity index (χ1) is 14.2. The van der Waals surface area contributed by atoms with Gasteiger partial charge in [0, 0.05) is 24.2 Å². The first-order valence-electron chi connectivity index (χ1n) is 9.77. The third-order valence-electron chi connectivity index (χ3n) is 5.43. The molecule has 1 saturated heterocycles. The summed E-state index contributed by atoms with van der Waals surface area (Å²) < 4.78 is 16.3. The Morgan fingerprint density at radius 1 is 1.10 bits per heavy atom. The lowest BCUT2D eigenvalue weighted by molar-refractivity contribution is 0.0695. The Morgan fingerprint density at radius 3 is 2.79 bits per heavy atom. The fraction of sp³-hybridized carbons (Fsp3) is 0.318. The molecule has 2 aromatic carbocycles. The van der Waals surface area contributed by atoms with Crippen molar-refractivity contribution < 1.29 is 18.8 Å². The van der Waals surface area contributed by atoms with Crippen LogP contribution in [0, 0.1) is 6.92 Å². The second-order valence-corrected chi connectivity index (χ2v) is 7.48.